The number of aliphatic hydroxyl groups is 1. The lowest BCUT2D eigenvalue weighted by Crippen LogP contribution is -2.36. The topological polar surface area (TPSA) is 38.7 Å². The van der Waals surface area contributed by atoms with Gasteiger partial charge in [-0.05, 0) is 26.7 Å². The van der Waals surface area contributed by atoms with Crippen molar-refractivity contribution in [2.75, 3.05) is 6.61 Å². The van der Waals surface area contributed by atoms with Crippen LogP contribution in [0.3, 0.4) is 0 Å². The Kier molecular flexibility index (Phi) is 2.34. The fourth-order valence-corrected chi connectivity index (χ4v) is 2.61. The Labute approximate surface area is 79.0 Å². The van der Waals surface area contributed by atoms with E-state index >= 15 is 0 Å². The second kappa shape index (κ2) is 3.23. The smallest absolute Gasteiger partial charge is 0.0970 e. The molecule has 76 valence electrons. The fraction of sp³-hybridized carbons (Fsp3) is 1.00. The standard InChI is InChI=1S/C10H18O3/c1-7-5-10(8(2)12-7)4-3-9(6-11)13-10/h7-9,11H,3-6H2,1-2H3/t7-,8+,9-,10-/m1/s1. The van der Waals surface area contributed by atoms with Crippen LogP contribution >= 0.6 is 0 Å². The Morgan fingerprint density at radius 3 is 2.69 bits per heavy atom. The van der Waals surface area contributed by atoms with Gasteiger partial charge in [0, 0.05) is 6.42 Å². The van der Waals surface area contributed by atoms with Crippen molar-refractivity contribution in [3.8, 4) is 0 Å². The summed E-state index contributed by atoms with van der Waals surface area (Å²) in [5.41, 5.74) is -0.0905. The predicted octanol–water partition coefficient (Wildman–Crippen LogP) is 1.09. The first-order chi connectivity index (χ1) is 6.16. The third-order valence-electron chi connectivity index (χ3n) is 3.30. The first-order valence-corrected chi connectivity index (χ1v) is 5.10. The zero-order chi connectivity index (χ0) is 9.47. The summed E-state index contributed by atoms with van der Waals surface area (Å²) < 4.78 is 11.6. The second-order valence-electron chi connectivity index (χ2n) is 4.32. The van der Waals surface area contributed by atoms with Crippen molar-refractivity contribution in [2.45, 2.75) is 57.0 Å². The molecule has 2 aliphatic heterocycles. The molecule has 0 aromatic carbocycles. The molecule has 0 radical (unpaired) electrons. The lowest BCUT2D eigenvalue weighted by molar-refractivity contribution is -0.0918. The average molecular weight is 186 g/mol. The fourth-order valence-electron chi connectivity index (χ4n) is 2.61. The highest BCUT2D eigenvalue weighted by Crippen LogP contribution is 2.43. The van der Waals surface area contributed by atoms with Gasteiger partial charge >= 0.3 is 0 Å². The largest absolute Gasteiger partial charge is 0.394 e. The zero-order valence-electron chi connectivity index (χ0n) is 8.32. The molecule has 4 atom stereocenters. The third-order valence-corrected chi connectivity index (χ3v) is 3.30. The second-order valence-corrected chi connectivity index (χ2v) is 4.32. The van der Waals surface area contributed by atoms with E-state index in [1.54, 1.807) is 0 Å². The number of ether oxygens (including phenoxy) is 2. The van der Waals surface area contributed by atoms with Crippen molar-refractivity contribution in [1.82, 2.24) is 0 Å². The lowest BCUT2D eigenvalue weighted by atomic mass is 9.91. The van der Waals surface area contributed by atoms with E-state index < -0.39 is 0 Å². The molecular weight excluding hydrogens is 168 g/mol. The highest BCUT2D eigenvalue weighted by Gasteiger charge is 2.50. The van der Waals surface area contributed by atoms with Crippen molar-refractivity contribution < 1.29 is 14.6 Å². The van der Waals surface area contributed by atoms with Crippen LogP contribution in [0.25, 0.3) is 0 Å². The van der Waals surface area contributed by atoms with Crippen LogP contribution in [0.2, 0.25) is 0 Å². The molecule has 2 rings (SSSR count). The highest BCUT2D eigenvalue weighted by atomic mass is 16.6. The van der Waals surface area contributed by atoms with Gasteiger partial charge in [-0.15, -0.1) is 0 Å². The SMILES string of the molecule is C[C@@H]1C[C@]2(CC[C@H](CO)O2)[C@H](C)O1. The van der Waals surface area contributed by atoms with Gasteiger partial charge < -0.3 is 14.6 Å². The van der Waals surface area contributed by atoms with Gasteiger partial charge in [0.25, 0.3) is 0 Å². The molecule has 0 saturated carbocycles. The number of rotatable bonds is 1. The average Bonchev–Trinajstić information content (AvgIpc) is 2.59. The highest BCUT2D eigenvalue weighted by molar-refractivity contribution is 4.99. The summed E-state index contributed by atoms with van der Waals surface area (Å²) in [7, 11) is 0. The Morgan fingerprint density at radius 1 is 1.46 bits per heavy atom. The molecule has 0 bridgehead atoms. The summed E-state index contributed by atoms with van der Waals surface area (Å²) in [6, 6.07) is 0. The molecule has 1 N–H and O–H groups in total. The first kappa shape index (κ1) is 9.44. The minimum Gasteiger partial charge on any atom is -0.394 e. The maximum Gasteiger partial charge on any atom is 0.0970 e. The van der Waals surface area contributed by atoms with Gasteiger partial charge in [-0.1, -0.05) is 0 Å². The maximum absolute atomic E-state index is 9.00. The van der Waals surface area contributed by atoms with Crippen LogP contribution in [0.5, 0.6) is 0 Å². The zero-order valence-corrected chi connectivity index (χ0v) is 8.32. The van der Waals surface area contributed by atoms with Crippen molar-refractivity contribution in [1.29, 1.82) is 0 Å². The molecule has 13 heavy (non-hydrogen) atoms. The molecule has 2 saturated heterocycles. The Balaban J connectivity index is 2.06. The molecule has 3 nitrogen and oxygen atoms in total. The van der Waals surface area contributed by atoms with Crippen LogP contribution in [0, 0.1) is 0 Å². The van der Waals surface area contributed by atoms with Gasteiger partial charge in [-0.3, -0.25) is 0 Å². The van der Waals surface area contributed by atoms with E-state index in [0.29, 0.717) is 6.10 Å². The van der Waals surface area contributed by atoms with Gasteiger partial charge in [0.05, 0.1) is 30.5 Å². The molecule has 1 spiro atoms. The Bertz CT molecular complexity index is 195. The van der Waals surface area contributed by atoms with E-state index in [-0.39, 0.29) is 24.4 Å². The number of hydrogen-bond acceptors (Lipinski definition) is 3. The van der Waals surface area contributed by atoms with E-state index in [4.69, 9.17) is 14.6 Å². The summed E-state index contributed by atoms with van der Waals surface area (Å²) in [5, 5.41) is 9.00. The van der Waals surface area contributed by atoms with E-state index in [1.165, 1.54) is 0 Å². The molecule has 2 aliphatic rings. The Hall–Kier alpha value is -0.120. The van der Waals surface area contributed by atoms with Crippen molar-refractivity contribution in [3.05, 3.63) is 0 Å². The van der Waals surface area contributed by atoms with E-state index in [2.05, 4.69) is 13.8 Å². The van der Waals surface area contributed by atoms with Crippen LogP contribution in [0.1, 0.15) is 33.1 Å². The number of aliphatic hydroxyl groups excluding tert-OH is 1. The van der Waals surface area contributed by atoms with Gasteiger partial charge in [-0.2, -0.15) is 0 Å². The summed E-state index contributed by atoms with van der Waals surface area (Å²) >= 11 is 0. The lowest BCUT2D eigenvalue weighted by Gasteiger charge is -2.27. The molecule has 0 aromatic heterocycles. The molecule has 3 heteroatoms. The quantitative estimate of drug-likeness (QED) is 0.666. The van der Waals surface area contributed by atoms with E-state index in [1.807, 2.05) is 0 Å². The molecule has 0 unspecified atom stereocenters. The van der Waals surface area contributed by atoms with Crippen LogP contribution in [-0.2, 0) is 9.47 Å². The third kappa shape index (κ3) is 1.49. The number of hydrogen-bond donors (Lipinski definition) is 1. The molecule has 2 fully saturated rings. The summed E-state index contributed by atoms with van der Waals surface area (Å²) in [6.45, 7) is 4.30. The first-order valence-electron chi connectivity index (χ1n) is 5.10. The molecular formula is C10H18O3. The van der Waals surface area contributed by atoms with Crippen LogP contribution in [0.4, 0.5) is 0 Å². The summed E-state index contributed by atoms with van der Waals surface area (Å²) in [4.78, 5) is 0. The molecule has 2 heterocycles. The van der Waals surface area contributed by atoms with Crippen molar-refractivity contribution in [2.24, 2.45) is 0 Å². The van der Waals surface area contributed by atoms with E-state index in [9.17, 15) is 0 Å². The minimum absolute atomic E-state index is 0.0383. The summed E-state index contributed by atoms with van der Waals surface area (Å²) in [6.07, 6.45) is 3.49. The summed E-state index contributed by atoms with van der Waals surface area (Å²) in [5.74, 6) is 0. The van der Waals surface area contributed by atoms with Crippen LogP contribution < -0.4 is 0 Å². The van der Waals surface area contributed by atoms with Crippen molar-refractivity contribution >= 4 is 0 Å². The van der Waals surface area contributed by atoms with Crippen molar-refractivity contribution in [3.63, 3.8) is 0 Å². The van der Waals surface area contributed by atoms with Gasteiger partial charge in [-0.25, -0.2) is 0 Å². The van der Waals surface area contributed by atoms with E-state index in [0.717, 1.165) is 19.3 Å². The molecule has 0 amide bonds. The molecule has 0 aliphatic carbocycles. The van der Waals surface area contributed by atoms with Gasteiger partial charge in [0.2, 0.25) is 0 Å². The Morgan fingerprint density at radius 2 is 2.23 bits per heavy atom. The monoisotopic (exact) mass is 186 g/mol. The normalized spacial score (nSPS) is 50.5. The van der Waals surface area contributed by atoms with Crippen LogP contribution in [0.15, 0.2) is 0 Å². The van der Waals surface area contributed by atoms with Crippen LogP contribution in [-0.4, -0.2) is 35.6 Å². The maximum atomic E-state index is 9.00. The minimum atomic E-state index is -0.0905. The van der Waals surface area contributed by atoms with Gasteiger partial charge in [0.1, 0.15) is 0 Å². The van der Waals surface area contributed by atoms with Gasteiger partial charge in [0.15, 0.2) is 0 Å². The molecule has 0 aromatic rings. The predicted molar refractivity (Wildman–Crippen MR) is 48.5 cm³/mol.